The van der Waals surface area contributed by atoms with Gasteiger partial charge in [0.15, 0.2) is 5.82 Å². The van der Waals surface area contributed by atoms with Crippen LogP contribution in [0.3, 0.4) is 0 Å². The minimum Gasteiger partial charge on any atom is -0.460 e. The van der Waals surface area contributed by atoms with Crippen molar-refractivity contribution in [1.29, 1.82) is 0 Å². The SMILES string of the molecule is CCCCOC(=O)N1CCN(C(=O)[C@H](CCC(=O)OC(C)(C)C)NC(=O)c2cc(N3C[C@@H]4C(NC(=O)OC(C)(C)C)[C@@H]4C3)nc(-c3ccccc3)n2)CC1. The van der Waals surface area contributed by atoms with Gasteiger partial charge in [0.25, 0.3) is 5.91 Å². The van der Waals surface area contributed by atoms with E-state index >= 15 is 0 Å². The molecule has 1 saturated carbocycles. The second-order valence-corrected chi connectivity index (χ2v) is 16.1. The van der Waals surface area contributed by atoms with E-state index in [1.165, 1.54) is 0 Å². The Morgan fingerprint density at radius 2 is 1.50 bits per heavy atom. The van der Waals surface area contributed by atoms with Gasteiger partial charge in [0.05, 0.1) is 6.61 Å². The number of rotatable bonds is 12. The number of aromatic nitrogens is 2. The van der Waals surface area contributed by atoms with Crippen molar-refractivity contribution in [3.63, 3.8) is 0 Å². The molecule has 5 rings (SSSR count). The number of benzene rings is 1. The quantitative estimate of drug-likeness (QED) is 0.179. The number of fused-ring (bicyclic) bond motifs is 1. The highest BCUT2D eigenvalue weighted by molar-refractivity contribution is 5.97. The third-order valence-corrected chi connectivity index (χ3v) is 9.41. The molecule has 294 valence electrons. The van der Waals surface area contributed by atoms with Crippen LogP contribution in [0.2, 0.25) is 0 Å². The van der Waals surface area contributed by atoms with Gasteiger partial charge in [-0.2, -0.15) is 0 Å². The predicted molar refractivity (Wildman–Crippen MR) is 201 cm³/mol. The van der Waals surface area contributed by atoms with Gasteiger partial charge in [-0.05, 0) is 54.4 Å². The molecule has 15 nitrogen and oxygen atoms in total. The average molecular weight is 750 g/mol. The van der Waals surface area contributed by atoms with E-state index in [4.69, 9.17) is 19.2 Å². The Morgan fingerprint density at radius 3 is 2.11 bits per heavy atom. The Bertz CT molecular complexity index is 1650. The van der Waals surface area contributed by atoms with Crippen LogP contribution in [0.1, 0.15) is 84.6 Å². The van der Waals surface area contributed by atoms with Gasteiger partial charge < -0.3 is 39.5 Å². The van der Waals surface area contributed by atoms with Gasteiger partial charge in [0.1, 0.15) is 28.8 Å². The van der Waals surface area contributed by atoms with Gasteiger partial charge in [0.2, 0.25) is 5.91 Å². The Kier molecular flexibility index (Phi) is 12.7. The number of nitrogens with one attached hydrogen (secondary N) is 2. The van der Waals surface area contributed by atoms with Gasteiger partial charge >= 0.3 is 18.2 Å². The molecule has 0 spiro atoms. The van der Waals surface area contributed by atoms with Crippen molar-refractivity contribution in [2.45, 2.75) is 97.4 Å². The van der Waals surface area contributed by atoms with E-state index in [2.05, 4.69) is 20.5 Å². The summed E-state index contributed by atoms with van der Waals surface area (Å²) in [4.78, 5) is 80.4. The summed E-state index contributed by atoms with van der Waals surface area (Å²) in [7, 11) is 0. The number of amides is 4. The van der Waals surface area contributed by atoms with E-state index in [-0.39, 0.29) is 68.5 Å². The number of hydrogen-bond acceptors (Lipinski definition) is 11. The molecule has 4 atom stereocenters. The first-order valence-electron chi connectivity index (χ1n) is 18.9. The maximum atomic E-state index is 14.1. The van der Waals surface area contributed by atoms with E-state index in [9.17, 15) is 24.0 Å². The van der Waals surface area contributed by atoms with Crippen molar-refractivity contribution < 1.29 is 38.2 Å². The Morgan fingerprint density at radius 1 is 0.870 bits per heavy atom. The molecule has 2 N–H and O–H groups in total. The van der Waals surface area contributed by atoms with Gasteiger partial charge in [-0.1, -0.05) is 43.7 Å². The van der Waals surface area contributed by atoms with E-state index < -0.39 is 41.3 Å². The first kappa shape index (κ1) is 40.2. The molecule has 3 fully saturated rings. The topological polar surface area (TPSA) is 173 Å². The maximum Gasteiger partial charge on any atom is 0.409 e. The largest absolute Gasteiger partial charge is 0.460 e. The summed E-state index contributed by atoms with van der Waals surface area (Å²) < 4.78 is 16.3. The summed E-state index contributed by atoms with van der Waals surface area (Å²) in [6.07, 6.45) is 0.731. The lowest BCUT2D eigenvalue weighted by Gasteiger charge is -2.36. The number of anilines is 1. The van der Waals surface area contributed by atoms with E-state index in [0.29, 0.717) is 36.9 Å². The third-order valence-electron chi connectivity index (χ3n) is 9.41. The monoisotopic (exact) mass is 749 g/mol. The summed E-state index contributed by atoms with van der Waals surface area (Å²) in [5.41, 5.74) is -0.526. The van der Waals surface area contributed by atoms with Gasteiger partial charge in [-0.3, -0.25) is 14.4 Å². The van der Waals surface area contributed by atoms with Crippen LogP contribution < -0.4 is 15.5 Å². The molecule has 1 aromatic carbocycles. The molecule has 3 heterocycles. The van der Waals surface area contributed by atoms with Crippen molar-refractivity contribution in [3.05, 3.63) is 42.1 Å². The maximum absolute atomic E-state index is 14.1. The number of esters is 1. The normalized spacial score (nSPS) is 20.1. The van der Waals surface area contributed by atoms with Crippen LogP contribution in [0.25, 0.3) is 11.4 Å². The van der Waals surface area contributed by atoms with E-state index in [0.717, 1.165) is 12.8 Å². The van der Waals surface area contributed by atoms with Gasteiger partial charge in [-0.15, -0.1) is 0 Å². The molecule has 2 aliphatic heterocycles. The van der Waals surface area contributed by atoms with Crippen LogP contribution >= 0.6 is 0 Å². The van der Waals surface area contributed by atoms with Crippen molar-refractivity contribution in [2.75, 3.05) is 50.8 Å². The molecule has 1 aromatic heterocycles. The van der Waals surface area contributed by atoms with Gasteiger partial charge in [0, 0.05) is 75.2 Å². The predicted octanol–water partition coefficient (Wildman–Crippen LogP) is 4.40. The Hall–Kier alpha value is -4.95. The number of ether oxygens (including phenoxy) is 3. The summed E-state index contributed by atoms with van der Waals surface area (Å²) in [5, 5.41) is 5.85. The molecule has 4 amide bonds. The van der Waals surface area contributed by atoms with Crippen LogP contribution in [0.15, 0.2) is 36.4 Å². The second kappa shape index (κ2) is 17.0. The molecule has 2 aromatic rings. The summed E-state index contributed by atoms with van der Waals surface area (Å²) in [5.74, 6) is -0.137. The number of nitrogens with zero attached hydrogens (tertiary/aromatic N) is 5. The molecule has 0 bridgehead atoms. The summed E-state index contributed by atoms with van der Waals surface area (Å²) >= 11 is 0. The van der Waals surface area contributed by atoms with Gasteiger partial charge in [-0.25, -0.2) is 19.6 Å². The number of carbonyl (C=O) groups is 5. The zero-order chi connectivity index (χ0) is 39.2. The summed E-state index contributed by atoms with van der Waals surface area (Å²) in [6.45, 7) is 15.4. The molecular weight excluding hydrogens is 694 g/mol. The number of piperidine rings is 1. The fourth-order valence-corrected chi connectivity index (χ4v) is 6.67. The fraction of sp³-hybridized carbons (Fsp3) is 0.615. The number of piperazine rings is 1. The van der Waals surface area contributed by atoms with E-state index in [1.807, 2.05) is 58.0 Å². The highest BCUT2D eigenvalue weighted by Gasteiger charge is 2.57. The van der Waals surface area contributed by atoms with Crippen LogP contribution in [0.4, 0.5) is 15.4 Å². The Balaban J connectivity index is 1.31. The number of alkyl carbamates (subject to hydrolysis) is 1. The first-order chi connectivity index (χ1) is 25.5. The van der Waals surface area contributed by atoms with Crippen LogP contribution in [0, 0.1) is 11.8 Å². The fourth-order valence-electron chi connectivity index (χ4n) is 6.67. The lowest BCUT2D eigenvalue weighted by molar-refractivity contribution is -0.155. The molecule has 0 radical (unpaired) electrons. The molecule has 2 saturated heterocycles. The highest BCUT2D eigenvalue weighted by Crippen LogP contribution is 2.46. The lowest BCUT2D eigenvalue weighted by atomic mass is 10.1. The summed E-state index contributed by atoms with van der Waals surface area (Å²) in [6, 6.07) is 9.86. The average Bonchev–Trinajstić information content (AvgIpc) is 3.52. The molecule has 54 heavy (non-hydrogen) atoms. The van der Waals surface area contributed by atoms with Crippen molar-refractivity contribution >= 4 is 35.8 Å². The number of carbonyl (C=O) groups excluding carboxylic acids is 5. The number of unbranched alkanes of at least 4 members (excludes halogenated alkanes) is 1. The highest BCUT2D eigenvalue weighted by atomic mass is 16.6. The molecule has 15 heteroatoms. The molecular formula is C39H55N7O8. The third kappa shape index (κ3) is 11.0. The molecule has 1 aliphatic carbocycles. The second-order valence-electron chi connectivity index (χ2n) is 16.1. The first-order valence-corrected chi connectivity index (χ1v) is 18.9. The molecule has 3 aliphatic rings. The minimum atomic E-state index is -1.06. The Labute approximate surface area is 317 Å². The van der Waals surface area contributed by atoms with Crippen LogP contribution in [-0.4, -0.2) is 119 Å². The standard InChI is InChI=1S/C39H55N7O8/c1-8-9-21-52-37(51)45-19-17-44(18-20-45)35(49)28(15-16-31(47)53-38(2,3)4)41-34(48)29-22-30(42-33(40-29)25-13-11-10-12-14-25)46-23-26-27(24-46)32(26)43-36(50)54-39(5,6)7/h10-14,22,26-28,32H,8-9,15-21,23-24H2,1-7H3,(H,41,48)(H,43,50)/t26-,27+,28-,32?/m0/s1. The molecule has 1 unspecified atom stereocenters. The van der Waals surface area contributed by atoms with Crippen molar-refractivity contribution in [3.8, 4) is 11.4 Å². The smallest absolute Gasteiger partial charge is 0.409 e. The zero-order valence-corrected chi connectivity index (χ0v) is 32.6. The van der Waals surface area contributed by atoms with Crippen LogP contribution in [0.5, 0.6) is 0 Å². The minimum absolute atomic E-state index is 0.000357. The van der Waals surface area contributed by atoms with Crippen LogP contribution in [-0.2, 0) is 23.8 Å². The lowest BCUT2D eigenvalue weighted by Crippen LogP contribution is -2.56. The van der Waals surface area contributed by atoms with Crippen molar-refractivity contribution in [1.82, 2.24) is 30.4 Å². The van der Waals surface area contributed by atoms with Crippen molar-refractivity contribution in [2.24, 2.45) is 11.8 Å². The van der Waals surface area contributed by atoms with E-state index in [1.54, 1.807) is 36.6 Å². The zero-order valence-electron chi connectivity index (χ0n) is 32.6. The number of hydrogen-bond donors (Lipinski definition) is 2.